The third-order valence-corrected chi connectivity index (χ3v) is 2.80. The number of hydrogen-bond donors (Lipinski definition) is 1. The van der Waals surface area contributed by atoms with E-state index < -0.39 is 0 Å². The average Bonchev–Trinajstić information content (AvgIpc) is 2.65. The van der Waals surface area contributed by atoms with Crippen LogP contribution in [0.3, 0.4) is 0 Å². The Hall–Kier alpha value is -1.32. The van der Waals surface area contributed by atoms with Gasteiger partial charge in [0.05, 0.1) is 0 Å². The lowest BCUT2D eigenvalue weighted by Gasteiger charge is -2.24. The molecule has 1 unspecified atom stereocenters. The Bertz CT molecular complexity index is 313. The van der Waals surface area contributed by atoms with E-state index in [1.807, 2.05) is 6.07 Å². The van der Waals surface area contributed by atoms with Gasteiger partial charge in [0, 0.05) is 18.8 Å². The second-order valence-corrected chi connectivity index (χ2v) is 3.67. The highest BCUT2D eigenvalue weighted by Crippen LogP contribution is 2.25. The van der Waals surface area contributed by atoms with Crippen molar-refractivity contribution in [2.45, 2.75) is 32.2 Å². The molecule has 0 bridgehead atoms. The Morgan fingerprint density at radius 3 is 3.21 bits per heavy atom. The highest BCUT2D eigenvalue weighted by molar-refractivity contribution is 5.43. The van der Waals surface area contributed by atoms with Crippen LogP contribution in [0.4, 0.5) is 11.8 Å². The number of nitrogen functional groups attached to an aromatic ring is 1. The van der Waals surface area contributed by atoms with Gasteiger partial charge in [0.2, 0.25) is 5.95 Å². The van der Waals surface area contributed by atoms with Crippen molar-refractivity contribution in [1.82, 2.24) is 9.97 Å². The first-order valence-corrected chi connectivity index (χ1v) is 5.16. The highest BCUT2D eigenvalue weighted by atomic mass is 15.2. The topological polar surface area (TPSA) is 55.0 Å². The number of nitrogens with two attached hydrogens (primary N) is 1. The predicted molar refractivity (Wildman–Crippen MR) is 57.1 cm³/mol. The zero-order chi connectivity index (χ0) is 9.97. The molecule has 2 N–H and O–H groups in total. The van der Waals surface area contributed by atoms with Gasteiger partial charge in [-0.2, -0.15) is 4.98 Å². The summed E-state index contributed by atoms with van der Waals surface area (Å²) in [5, 5.41) is 0. The van der Waals surface area contributed by atoms with Crippen LogP contribution in [0, 0.1) is 0 Å². The molecular formula is C10H16N4. The van der Waals surface area contributed by atoms with Gasteiger partial charge in [0.1, 0.15) is 5.82 Å². The highest BCUT2D eigenvalue weighted by Gasteiger charge is 2.23. The molecule has 2 heterocycles. The fraction of sp³-hybridized carbons (Fsp3) is 0.600. The molecule has 4 heteroatoms. The molecule has 4 nitrogen and oxygen atoms in total. The van der Waals surface area contributed by atoms with Crippen LogP contribution in [0.25, 0.3) is 0 Å². The summed E-state index contributed by atoms with van der Waals surface area (Å²) in [6.45, 7) is 3.31. The maximum atomic E-state index is 5.56. The van der Waals surface area contributed by atoms with Crippen LogP contribution in [0.5, 0.6) is 0 Å². The second kappa shape index (κ2) is 3.82. The van der Waals surface area contributed by atoms with E-state index in [9.17, 15) is 0 Å². The minimum Gasteiger partial charge on any atom is -0.368 e. The van der Waals surface area contributed by atoms with E-state index in [1.165, 1.54) is 19.3 Å². The van der Waals surface area contributed by atoms with Crippen LogP contribution in [-0.2, 0) is 0 Å². The van der Waals surface area contributed by atoms with Gasteiger partial charge in [-0.3, -0.25) is 0 Å². The van der Waals surface area contributed by atoms with Crippen molar-refractivity contribution in [3.05, 3.63) is 12.3 Å². The molecule has 1 saturated heterocycles. The van der Waals surface area contributed by atoms with Gasteiger partial charge < -0.3 is 10.6 Å². The van der Waals surface area contributed by atoms with Gasteiger partial charge >= 0.3 is 0 Å². The molecule has 1 atom stereocenters. The third-order valence-electron chi connectivity index (χ3n) is 2.80. The molecule has 0 saturated carbocycles. The normalized spacial score (nSPS) is 21.5. The van der Waals surface area contributed by atoms with Crippen molar-refractivity contribution >= 4 is 11.8 Å². The maximum Gasteiger partial charge on any atom is 0.221 e. The molecule has 2 rings (SSSR count). The molecule has 14 heavy (non-hydrogen) atoms. The molecule has 1 aromatic rings. The summed E-state index contributed by atoms with van der Waals surface area (Å²) in [7, 11) is 0. The summed E-state index contributed by atoms with van der Waals surface area (Å²) in [6.07, 6.45) is 5.41. The van der Waals surface area contributed by atoms with Crippen molar-refractivity contribution in [1.29, 1.82) is 0 Å². The van der Waals surface area contributed by atoms with Gasteiger partial charge in [0.15, 0.2) is 0 Å². The number of aromatic nitrogens is 2. The zero-order valence-corrected chi connectivity index (χ0v) is 8.48. The summed E-state index contributed by atoms with van der Waals surface area (Å²) in [5.41, 5.74) is 5.56. The first kappa shape index (κ1) is 9.24. The van der Waals surface area contributed by atoms with Crippen molar-refractivity contribution in [2.75, 3.05) is 17.2 Å². The molecule has 0 spiro atoms. The van der Waals surface area contributed by atoms with Gasteiger partial charge in [-0.25, -0.2) is 4.98 Å². The zero-order valence-electron chi connectivity index (χ0n) is 8.48. The van der Waals surface area contributed by atoms with Crippen molar-refractivity contribution in [2.24, 2.45) is 0 Å². The molecule has 76 valence electrons. The minimum atomic E-state index is 0.365. The molecule has 0 amide bonds. The molecule has 1 aliphatic rings. The smallest absolute Gasteiger partial charge is 0.221 e. The standard InChI is InChI=1S/C10H16N4/c1-2-8-4-3-7-14(8)9-5-6-12-10(11)13-9/h5-6,8H,2-4,7H2,1H3,(H2,11,12,13). The minimum absolute atomic E-state index is 0.365. The Kier molecular flexibility index (Phi) is 2.52. The van der Waals surface area contributed by atoms with Gasteiger partial charge in [-0.05, 0) is 25.3 Å². The lowest BCUT2D eigenvalue weighted by molar-refractivity contribution is 0.640. The van der Waals surface area contributed by atoms with Gasteiger partial charge in [-0.15, -0.1) is 0 Å². The van der Waals surface area contributed by atoms with Crippen LogP contribution in [0.1, 0.15) is 26.2 Å². The molecule has 0 radical (unpaired) electrons. The Morgan fingerprint density at radius 2 is 2.50 bits per heavy atom. The number of nitrogens with zero attached hydrogens (tertiary/aromatic N) is 3. The fourth-order valence-electron chi connectivity index (χ4n) is 2.09. The predicted octanol–water partition coefficient (Wildman–Crippen LogP) is 1.44. The summed E-state index contributed by atoms with van der Waals surface area (Å²) < 4.78 is 0. The lowest BCUT2D eigenvalue weighted by atomic mass is 10.2. The largest absolute Gasteiger partial charge is 0.368 e. The molecule has 0 aliphatic carbocycles. The number of anilines is 2. The first-order valence-electron chi connectivity index (χ1n) is 5.16. The van der Waals surface area contributed by atoms with E-state index in [1.54, 1.807) is 6.20 Å². The molecule has 1 aliphatic heterocycles. The van der Waals surface area contributed by atoms with Crippen LogP contribution in [0.15, 0.2) is 12.3 Å². The van der Waals surface area contributed by atoms with Gasteiger partial charge in [-0.1, -0.05) is 6.92 Å². The lowest BCUT2D eigenvalue weighted by Crippen LogP contribution is -2.29. The van der Waals surface area contributed by atoms with E-state index in [4.69, 9.17) is 5.73 Å². The van der Waals surface area contributed by atoms with Crippen LogP contribution in [0.2, 0.25) is 0 Å². The number of hydrogen-bond acceptors (Lipinski definition) is 4. The first-order chi connectivity index (χ1) is 6.81. The molecule has 1 aromatic heterocycles. The summed E-state index contributed by atoms with van der Waals surface area (Å²) in [4.78, 5) is 10.5. The van der Waals surface area contributed by atoms with Crippen LogP contribution in [-0.4, -0.2) is 22.6 Å². The average molecular weight is 192 g/mol. The monoisotopic (exact) mass is 192 g/mol. The van der Waals surface area contributed by atoms with Crippen LogP contribution < -0.4 is 10.6 Å². The van der Waals surface area contributed by atoms with E-state index in [2.05, 4.69) is 21.8 Å². The quantitative estimate of drug-likeness (QED) is 0.770. The fourth-order valence-corrected chi connectivity index (χ4v) is 2.09. The van der Waals surface area contributed by atoms with Crippen molar-refractivity contribution in [3.8, 4) is 0 Å². The Morgan fingerprint density at radius 1 is 1.64 bits per heavy atom. The summed E-state index contributed by atoms with van der Waals surface area (Å²) >= 11 is 0. The maximum absolute atomic E-state index is 5.56. The van der Waals surface area contributed by atoms with E-state index in [0.29, 0.717) is 12.0 Å². The molecular weight excluding hydrogens is 176 g/mol. The summed E-state index contributed by atoms with van der Waals surface area (Å²) in [6, 6.07) is 2.56. The second-order valence-electron chi connectivity index (χ2n) is 3.67. The van der Waals surface area contributed by atoms with Crippen molar-refractivity contribution < 1.29 is 0 Å². The summed E-state index contributed by atoms with van der Waals surface area (Å²) in [5.74, 6) is 1.34. The third kappa shape index (κ3) is 1.64. The van der Waals surface area contributed by atoms with E-state index >= 15 is 0 Å². The van der Waals surface area contributed by atoms with Crippen LogP contribution >= 0.6 is 0 Å². The van der Waals surface area contributed by atoms with E-state index in [-0.39, 0.29) is 0 Å². The Labute approximate surface area is 84.2 Å². The Balaban J connectivity index is 2.21. The van der Waals surface area contributed by atoms with E-state index in [0.717, 1.165) is 12.4 Å². The SMILES string of the molecule is CCC1CCCN1c1ccnc(N)n1. The molecule has 0 aromatic carbocycles. The van der Waals surface area contributed by atoms with Gasteiger partial charge in [0.25, 0.3) is 0 Å². The van der Waals surface area contributed by atoms with Crippen molar-refractivity contribution in [3.63, 3.8) is 0 Å². The number of rotatable bonds is 2. The molecule has 1 fully saturated rings.